The van der Waals surface area contributed by atoms with Gasteiger partial charge in [-0.25, -0.2) is 0 Å². The van der Waals surface area contributed by atoms with Crippen LogP contribution in [0.4, 0.5) is 0 Å². The van der Waals surface area contributed by atoms with Crippen molar-refractivity contribution in [2.45, 2.75) is 40.7 Å². The highest BCUT2D eigenvalue weighted by molar-refractivity contribution is 7.12. The Bertz CT molecular complexity index is 398. The van der Waals surface area contributed by atoms with Gasteiger partial charge >= 0.3 is 0 Å². The third kappa shape index (κ3) is 4.78. The van der Waals surface area contributed by atoms with E-state index in [4.69, 9.17) is 0 Å². The summed E-state index contributed by atoms with van der Waals surface area (Å²) >= 11 is 1.81. The minimum atomic E-state index is 0.0696. The van der Waals surface area contributed by atoms with Crippen LogP contribution in [0.1, 0.15) is 42.1 Å². The van der Waals surface area contributed by atoms with Crippen LogP contribution in [0, 0.1) is 19.8 Å². The van der Waals surface area contributed by atoms with Crippen molar-refractivity contribution in [2.24, 2.45) is 5.92 Å². The highest BCUT2D eigenvalue weighted by Gasteiger charge is 2.12. The van der Waals surface area contributed by atoms with Gasteiger partial charge in [-0.15, -0.1) is 11.3 Å². The molecule has 0 saturated heterocycles. The maximum Gasteiger partial charge on any atom is 0.233 e. The van der Waals surface area contributed by atoms with Crippen LogP contribution in [-0.4, -0.2) is 19.0 Å². The van der Waals surface area contributed by atoms with E-state index in [0.29, 0.717) is 12.5 Å². The van der Waals surface area contributed by atoms with Crippen LogP contribution in [0.5, 0.6) is 0 Å². The summed E-state index contributed by atoms with van der Waals surface area (Å²) < 4.78 is 0. The van der Waals surface area contributed by atoms with Crippen LogP contribution < -0.4 is 10.6 Å². The van der Waals surface area contributed by atoms with E-state index in [9.17, 15) is 4.79 Å². The van der Waals surface area contributed by atoms with Crippen LogP contribution in [-0.2, 0) is 4.79 Å². The summed E-state index contributed by atoms with van der Waals surface area (Å²) in [7, 11) is 0. The molecule has 1 heterocycles. The Hall–Kier alpha value is -0.870. The van der Waals surface area contributed by atoms with Gasteiger partial charge in [0.05, 0.1) is 6.54 Å². The smallest absolute Gasteiger partial charge is 0.233 e. The van der Waals surface area contributed by atoms with E-state index < -0.39 is 0 Å². The summed E-state index contributed by atoms with van der Waals surface area (Å²) in [4.78, 5) is 14.3. The van der Waals surface area contributed by atoms with Crippen molar-refractivity contribution in [2.75, 3.05) is 13.1 Å². The summed E-state index contributed by atoms with van der Waals surface area (Å²) in [5.41, 5.74) is 1.30. The molecule has 0 spiro atoms. The Morgan fingerprint density at radius 3 is 2.50 bits per heavy atom. The van der Waals surface area contributed by atoms with Gasteiger partial charge in [-0.1, -0.05) is 13.8 Å². The molecule has 0 saturated carbocycles. The van der Waals surface area contributed by atoms with Crippen molar-refractivity contribution >= 4 is 17.2 Å². The fraction of sp³-hybridized carbons (Fsp3) is 0.643. The van der Waals surface area contributed by atoms with Crippen LogP contribution in [0.2, 0.25) is 0 Å². The molecule has 0 fully saturated rings. The molecule has 1 aromatic heterocycles. The van der Waals surface area contributed by atoms with Crippen molar-refractivity contribution in [1.29, 1.82) is 0 Å². The molecule has 0 bridgehead atoms. The van der Waals surface area contributed by atoms with Crippen molar-refractivity contribution in [3.63, 3.8) is 0 Å². The number of nitrogens with one attached hydrogen (secondary N) is 2. The van der Waals surface area contributed by atoms with E-state index in [1.807, 2.05) is 0 Å². The van der Waals surface area contributed by atoms with Gasteiger partial charge in [-0.3, -0.25) is 4.79 Å². The standard InChI is InChI=1S/C14H24N2OS/c1-9(2)7-16-14(17)8-15-11(4)13-6-10(3)18-12(13)5/h6,9,11,15H,7-8H2,1-5H3,(H,16,17). The van der Waals surface area contributed by atoms with E-state index >= 15 is 0 Å². The summed E-state index contributed by atoms with van der Waals surface area (Å²) in [6.45, 7) is 11.6. The lowest BCUT2D eigenvalue weighted by Crippen LogP contribution is -2.36. The van der Waals surface area contributed by atoms with Crippen molar-refractivity contribution in [3.8, 4) is 0 Å². The Morgan fingerprint density at radius 2 is 2.00 bits per heavy atom. The van der Waals surface area contributed by atoms with Gasteiger partial charge in [0.25, 0.3) is 0 Å². The quantitative estimate of drug-likeness (QED) is 0.833. The number of hydrogen-bond acceptors (Lipinski definition) is 3. The fourth-order valence-corrected chi connectivity index (χ4v) is 2.84. The number of rotatable bonds is 6. The van der Waals surface area contributed by atoms with E-state index in [-0.39, 0.29) is 11.9 Å². The normalized spacial score (nSPS) is 12.8. The minimum absolute atomic E-state index is 0.0696. The second-order valence-corrected chi connectivity index (χ2v) is 6.63. The SMILES string of the molecule is Cc1cc(C(C)NCC(=O)NCC(C)C)c(C)s1. The summed E-state index contributed by atoms with van der Waals surface area (Å²) in [6.07, 6.45) is 0. The molecule has 2 N–H and O–H groups in total. The highest BCUT2D eigenvalue weighted by atomic mass is 32.1. The van der Waals surface area contributed by atoms with Crippen molar-refractivity contribution in [1.82, 2.24) is 10.6 Å². The van der Waals surface area contributed by atoms with E-state index in [1.54, 1.807) is 11.3 Å². The van der Waals surface area contributed by atoms with Crippen LogP contribution in [0.15, 0.2) is 6.07 Å². The van der Waals surface area contributed by atoms with E-state index in [0.717, 1.165) is 6.54 Å². The van der Waals surface area contributed by atoms with Crippen molar-refractivity contribution in [3.05, 3.63) is 21.4 Å². The van der Waals surface area contributed by atoms with Crippen LogP contribution >= 0.6 is 11.3 Å². The largest absolute Gasteiger partial charge is 0.355 e. The Morgan fingerprint density at radius 1 is 1.33 bits per heavy atom. The van der Waals surface area contributed by atoms with Gasteiger partial charge < -0.3 is 10.6 Å². The molecule has 1 unspecified atom stereocenters. The van der Waals surface area contributed by atoms with E-state index in [2.05, 4.69) is 51.3 Å². The highest BCUT2D eigenvalue weighted by Crippen LogP contribution is 2.25. The average Bonchev–Trinajstić information content (AvgIpc) is 2.62. The lowest BCUT2D eigenvalue weighted by atomic mass is 10.1. The molecule has 0 aromatic carbocycles. The maximum absolute atomic E-state index is 11.6. The lowest BCUT2D eigenvalue weighted by Gasteiger charge is -2.14. The molecule has 1 aromatic rings. The molecule has 18 heavy (non-hydrogen) atoms. The molecule has 0 aliphatic heterocycles. The first-order chi connectivity index (χ1) is 8.40. The lowest BCUT2D eigenvalue weighted by molar-refractivity contribution is -0.120. The minimum Gasteiger partial charge on any atom is -0.355 e. The molecule has 0 aliphatic rings. The second kappa shape index (κ2) is 6.90. The number of amides is 1. The van der Waals surface area contributed by atoms with Gasteiger partial charge in [0, 0.05) is 22.3 Å². The van der Waals surface area contributed by atoms with Crippen LogP contribution in [0.3, 0.4) is 0 Å². The van der Waals surface area contributed by atoms with Crippen molar-refractivity contribution < 1.29 is 4.79 Å². The molecular formula is C14H24N2OS. The predicted octanol–water partition coefficient (Wildman–Crippen LogP) is 2.79. The molecule has 1 rings (SSSR count). The Labute approximate surface area is 114 Å². The van der Waals surface area contributed by atoms with Gasteiger partial charge in [0.15, 0.2) is 0 Å². The molecule has 102 valence electrons. The van der Waals surface area contributed by atoms with Gasteiger partial charge in [0.1, 0.15) is 0 Å². The molecule has 1 atom stereocenters. The number of aryl methyl sites for hydroxylation is 2. The zero-order valence-corrected chi connectivity index (χ0v) is 12.8. The molecule has 3 nitrogen and oxygen atoms in total. The number of hydrogen-bond donors (Lipinski definition) is 2. The first-order valence-corrected chi connectivity index (χ1v) is 7.28. The second-order valence-electron chi connectivity index (χ2n) is 5.17. The van der Waals surface area contributed by atoms with Crippen LogP contribution in [0.25, 0.3) is 0 Å². The van der Waals surface area contributed by atoms with Gasteiger partial charge in [-0.05, 0) is 38.3 Å². The Balaban J connectivity index is 2.39. The van der Waals surface area contributed by atoms with E-state index in [1.165, 1.54) is 15.3 Å². The predicted molar refractivity (Wildman–Crippen MR) is 78.1 cm³/mol. The third-order valence-corrected chi connectivity index (χ3v) is 3.80. The Kier molecular flexibility index (Phi) is 5.82. The molecule has 0 aliphatic carbocycles. The summed E-state index contributed by atoms with van der Waals surface area (Å²) in [6, 6.07) is 2.42. The summed E-state index contributed by atoms with van der Waals surface area (Å²) in [5, 5.41) is 6.18. The first-order valence-electron chi connectivity index (χ1n) is 6.47. The number of thiophene rings is 1. The third-order valence-electron chi connectivity index (χ3n) is 2.82. The molecule has 4 heteroatoms. The molecule has 0 radical (unpaired) electrons. The molecule has 1 amide bonds. The zero-order chi connectivity index (χ0) is 13.7. The summed E-state index contributed by atoms with van der Waals surface area (Å²) in [5.74, 6) is 0.563. The maximum atomic E-state index is 11.6. The number of carbonyl (C=O) groups excluding carboxylic acids is 1. The topological polar surface area (TPSA) is 41.1 Å². The van der Waals surface area contributed by atoms with Gasteiger partial charge in [-0.2, -0.15) is 0 Å². The number of carbonyl (C=O) groups is 1. The fourth-order valence-electron chi connectivity index (χ4n) is 1.82. The molecular weight excluding hydrogens is 244 g/mol. The van der Waals surface area contributed by atoms with Gasteiger partial charge in [0.2, 0.25) is 5.91 Å². The zero-order valence-electron chi connectivity index (χ0n) is 12.0. The monoisotopic (exact) mass is 268 g/mol. The first kappa shape index (κ1) is 15.2. The average molecular weight is 268 g/mol.